The average Bonchev–Trinajstić information content (AvgIpc) is 2.07. The summed E-state index contributed by atoms with van der Waals surface area (Å²) in [7, 11) is 1.12. The van der Waals surface area contributed by atoms with Gasteiger partial charge in [-0.05, 0) is 11.2 Å². The standard InChI is InChI=1S/C7H5F3N2O2/c1-12-3-4(11-14)2-5(6(12)13)7(8,9)10/h2-3H,1H3. The maximum Gasteiger partial charge on any atom is 0.421 e. The summed E-state index contributed by atoms with van der Waals surface area (Å²) in [5.74, 6) is 0. The van der Waals surface area contributed by atoms with Gasteiger partial charge in [-0.3, -0.25) is 4.79 Å². The fraction of sp³-hybridized carbons (Fsp3) is 0.286. The first-order chi connectivity index (χ1) is 6.36. The molecule has 0 saturated carbocycles. The number of aromatic nitrogens is 1. The van der Waals surface area contributed by atoms with Crippen LogP contribution in [0.4, 0.5) is 18.9 Å². The van der Waals surface area contributed by atoms with Crippen molar-refractivity contribution < 1.29 is 13.2 Å². The third-order valence-electron chi connectivity index (χ3n) is 1.58. The summed E-state index contributed by atoms with van der Waals surface area (Å²) >= 11 is 0. The lowest BCUT2D eigenvalue weighted by Crippen LogP contribution is -2.26. The molecular weight excluding hydrogens is 201 g/mol. The van der Waals surface area contributed by atoms with Crippen LogP contribution in [0.1, 0.15) is 5.56 Å². The molecule has 0 saturated heterocycles. The second kappa shape index (κ2) is 3.24. The Bertz CT molecular complexity index is 422. The lowest BCUT2D eigenvalue weighted by atomic mass is 10.2. The van der Waals surface area contributed by atoms with Crippen molar-refractivity contribution >= 4 is 5.69 Å². The summed E-state index contributed by atoms with van der Waals surface area (Å²) in [6.45, 7) is 0. The van der Waals surface area contributed by atoms with Crippen LogP contribution >= 0.6 is 0 Å². The van der Waals surface area contributed by atoms with Gasteiger partial charge in [0.05, 0.1) is 0 Å². The number of hydrogen-bond acceptors (Lipinski definition) is 3. The lowest BCUT2D eigenvalue weighted by Gasteiger charge is -2.07. The van der Waals surface area contributed by atoms with Gasteiger partial charge < -0.3 is 4.57 Å². The molecule has 0 aliphatic heterocycles. The monoisotopic (exact) mass is 206 g/mol. The molecule has 0 amide bonds. The summed E-state index contributed by atoms with van der Waals surface area (Å²) in [5, 5.41) is 2.34. The third kappa shape index (κ3) is 1.81. The molecule has 76 valence electrons. The van der Waals surface area contributed by atoms with E-state index in [-0.39, 0.29) is 0 Å². The minimum atomic E-state index is -4.77. The van der Waals surface area contributed by atoms with Gasteiger partial charge in [0.2, 0.25) is 0 Å². The Morgan fingerprint density at radius 2 is 2.00 bits per heavy atom. The van der Waals surface area contributed by atoms with E-state index >= 15 is 0 Å². The van der Waals surface area contributed by atoms with Crippen LogP contribution in [0.3, 0.4) is 0 Å². The Morgan fingerprint density at radius 1 is 1.43 bits per heavy atom. The van der Waals surface area contributed by atoms with Gasteiger partial charge in [0, 0.05) is 13.2 Å². The van der Waals surface area contributed by atoms with E-state index in [1.54, 1.807) is 0 Å². The molecule has 0 spiro atoms. The van der Waals surface area contributed by atoms with Crippen molar-refractivity contribution in [3.8, 4) is 0 Å². The first kappa shape index (κ1) is 10.4. The molecule has 0 bridgehead atoms. The van der Waals surface area contributed by atoms with Gasteiger partial charge in [0.1, 0.15) is 11.3 Å². The highest BCUT2D eigenvalue weighted by atomic mass is 19.4. The van der Waals surface area contributed by atoms with Gasteiger partial charge in [-0.25, -0.2) is 0 Å². The molecule has 0 aliphatic carbocycles. The number of aryl methyl sites for hydroxylation is 1. The van der Waals surface area contributed by atoms with Crippen molar-refractivity contribution in [2.75, 3.05) is 0 Å². The Morgan fingerprint density at radius 3 is 2.43 bits per heavy atom. The van der Waals surface area contributed by atoms with Gasteiger partial charge in [-0.15, -0.1) is 4.91 Å². The van der Waals surface area contributed by atoms with Crippen molar-refractivity contribution in [3.63, 3.8) is 0 Å². The highest BCUT2D eigenvalue weighted by Gasteiger charge is 2.34. The molecule has 7 heteroatoms. The second-order valence-corrected chi connectivity index (χ2v) is 2.62. The smallest absolute Gasteiger partial charge is 0.316 e. The van der Waals surface area contributed by atoms with Gasteiger partial charge >= 0.3 is 6.18 Å². The Balaban J connectivity index is 3.50. The zero-order chi connectivity index (χ0) is 10.9. The largest absolute Gasteiger partial charge is 0.421 e. The third-order valence-corrected chi connectivity index (χ3v) is 1.58. The molecule has 1 aromatic rings. The summed E-state index contributed by atoms with van der Waals surface area (Å²) in [5.41, 5.74) is -3.03. The topological polar surface area (TPSA) is 51.4 Å². The summed E-state index contributed by atoms with van der Waals surface area (Å²) in [6, 6.07) is 0.426. The molecule has 0 aromatic carbocycles. The van der Waals surface area contributed by atoms with E-state index in [9.17, 15) is 22.9 Å². The average molecular weight is 206 g/mol. The van der Waals surface area contributed by atoms with Crippen LogP contribution < -0.4 is 5.56 Å². The highest BCUT2D eigenvalue weighted by molar-refractivity contribution is 5.37. The normalized spacial score (nSPS) is 11.4. The maximum absolute atomic E-state index is 12.2. The van der Waals surface area contributed by atoms with E-state index in [2.05, 4.69) is 5.18 Å². The molecular formula is C7H5F3N2O2. The molecule has 0 aliphatic rings. The first-order valence-corrected chi connectivity index (χ1v) is 3.47. The summed E-state index contributed by atoms with van der Waals surface area (Å²) in [4.78, 5) is 21.0. The number of alkyl halides is 3. The molecule has 1 aromatic heterocycles. The quantitative estimate of drug-likeness (QED) is 0.658. The van der Waals surface area contributed by atoms with E-state index in [0.29, 0.717) is 10.6 Å². The molecule has 0 fully saturated rings. The molecule has 0 radical (unpaired) electrons. The van der Waals surface area contributed by atoms with Crippen LogP contribution in [-0.2, 0) is 13.2 Å². The molecule has 0 atom stereocenters. The summed E-state index contributed by atoms with van der Waals surface area (Å²) in [6.07, 6.45) is -3.83. The van der Waals surface area contributed by atoms with E-state index in [1.807, 2.05) is 0 Å². The van der Waals surface area contributed by atoms with Crippen LogP contribution in [0.2, 0.25) is 0 Å². The Labute approximate surface area is 75.9 Å². The van der Waals surface area contributed by atoms with Crippen LogP contribution in [0, 0.1) is 4.91 Å². The minimum absolute atomic E-state index is 0.426. The van der Waals surface area contributed by atoms with Gasteiger partial charge in [0.25, 0.3) is 5.56 Å². The first-order valence-electron chi connectivity index (χ1n) is 3.47. The molecule has 14 heavy (non-hydrogen) atoms. The second-order valence-electron chi connectivity index (χ2n) is 2.62. The van der Waals surface area contributed by atoms with Crippen molar-refractivity contribution in [3.05, 3.63) is 33.1 Å². The van der Waals surface area contributed by atoms with Crippen molar-refractivity contribution in [2.45, 2.75) is 6.18 Å². The maximum atomic E-state index is 12.2. The Hall–Kier alpha value is -1.66. The predicted octanol–water partition coefficient (Wildman–Crippen LogP) is 1.80. The molecule has 4 nitrogen and oxygen atoms in total. The molecule has 1 heterocycles. The number of hydrogen-bond donors (Lipinski definition) is 0. The zero-order valence-electron chi connectivity index (χ0n) is 7.00. The van der Waals surface area contributed by atoms with Gasteiger partial charge in [-0.2, -0.15) is 13.2 Å². The van der Waals surface area contributed by atoms with Crippen molar-refractivity contribution in [1.29, 1.82) is 0 Å². The van der Waals surface area contributed by atoms with E-state index in [4.69, 9.17) is 0 Å². The summed E-state index contributed by atoms with van der Waals surface area (Å²) < 4.78 is 37.2. The van der Waals surface area contributed by atoms with Crippen molar-refractivity contribution in [1.82, 2.24) is 4.57 Å². The predicted molar refractivity (Wildman–Crippen MR) is 42.1 cm³/mol. The van der Waals surface area contributed by atoms with E-state index in [0.717, 1.165) is 13.2 Å². The van der Waals surface area contributed by atoms with Crippen LogP contribution in [0.5, 0.6) is 0 Å². The van der Waals surface area contributed by atoms with Crippen LogP contribution in [0.25, 0.3) is 0 Å². The fourth-order valence-electron chi connectivity index (χ4n) is 0.947. The number of nitroso groups, excluding NO2 is 1. The number of halogens is 3. The molecule has 1 rings (SSSR count). The zero-order valence-corrected chi connectivity index (χ0v) is 7.00. The minimum Gasteiger partial charge on any atom is -0.316 e. The van der Waals surface area contributed by atoms with Crippen LogP contribution in [-0.4, -0.2) is 4.57 Å². The van der Waals surface area contributed by atoms with Gasteiger partial charge in [-0.1, -0.05) is 0 Å². The van der Waals surface area contributed by atoms with E-state index < -0.39 is 23.0 Å². The van der Waals surface area contributed by atoms with Crippen LogP contribution in [0.15, 0.2) is 22.2 Å². The number of nitrogens with zero attached hydrogens (tertiary/aromatic N) is 2. The lowest BCUT2D eigenvalue weighted by molar-refractivity contribution is -0.138. The molecule has 0 N–H and O–H groups in total. The van der Waals surface area contributed by atoms with Gasteiger partial charge in [0.15, 0.2) is 0 Å². The highest BCUT2D eigenvalue weighted by Crippen LogP contribution is 2.28. The van der Waals surface area contributed by atoms with Crippen molar-refractivity contribution in [2.24, 2.45) is 12.2 Å². The number of pyridine rings is 1. The Kier molecular flexibility index (Phi) is 2.41. The SMILES string of the molecule is Cn1cc(N=O)cc(C(F)(F)F)c1=O. The number of rotatable bonds is 1. The van der Waals surface area contributed by atoms with E-state index in [1.165, 1.54) is 0 Å². The molecule has 0 unspecified atom stereocenters. The fourth-order valence-corrected chi connectivity index (χ4v) is 0.947.